The van der Waals surface area contributed by atoms with Crippen molar-refractivity contribution >= 4 is 23.2 Å². The Morgan fingerprint density at radius 3 is 2.89 bits per heavy atom. The smallest absolute Gasteiger partial charge is 0.146 e. The highest BCUT2D eigenvalue weighted by Crippen LogP contribution is 2.27. The van der Waals surface area contributed by atoms with Crippen LogP contribution in [-0.4, -0.2) is 21.5 Å². The second kappa shape index (κ2) is 7.48. The van der Waals surface area contributed by atoms with Crippen molar-refractivity contribution in [3.63, 3.8) is 0 Å². The van der Waals surface area contributed by atoms with Crippen LogP contribution < -0.4 is 10.2 Å². The molecule has 1 aliphatic heterocycles. The summed E-state index contributed by atoms with van der Waals surface area (Å²) in [5, 5.41) is 3.36. The van der Waals surface area contributed by atoms with Crippen LogP contribution in [0.4, 0.5) is 16.0 Å². The van der Waals surface area contributed by atoms with Crippen molar-refractivity contribution in [1.82, 2.24) is 15.0 Å². The van der Waals surface area contributed by atoms with E-state index in [2.05, 4.69) is 31.2 Å². The summed E-state index contributed by atoms with van der Waals surface area (Å²) in [6, 6.07) is 9.07. The fourth-order valence-corrected chi connectivity index (χ4v) is 3.39. The quantitative estimate of drug-likeness (QED) is 0.733. The first-order valence-corrected chi connectivity index (χ1v) is 9.16. The Morgan fingerprint density at radius 1 is 1.19 bits per heavy atom. The predicted molar refractivity (Wildman–Crippen MR) is 104 cm³/mol. The first-order valence-electron chi connectivity index (χ1n) is 8.79. The molecule has 0 aliphatic carbocycles. The van der Waals surface area contributed by atoms with Gasteiger partial charge in [0.25, 0.3) is 0 Å². The van der Waals surface area contributed by atoms with Gasteiger partial charge >= 0.3 is 0 Å². The van der Waals surface area contributed by atoms with Gasteiger partial charge in [0.2, 0.25) is 0 Å². The number of aromatic nitrogens is 3. The van der Waals surface area contributed by atoms with Crippen molar-refractivity contribution in [2.24, 2.45) is 0 Å². The number of nitrogens with zero attached hydrogens (tertiary/aromatic N) is 4. The Hall–Kier alpha value is -2.73. The number of aryl methyl sites for hydroxylation is 1. The highest BCUT2D eigenvalue weighted by atomic mass is 35.5. The van der Waals surface area contributed by atoms with Gasteiger partial charge in [-0.05, 0) is 24.6 Å². The molecule has 1 N–H and O–H groups in total. The van der Waals surface area contributed by atoms with Gasteiger partial charge in [0.05, 0.1) is 10.7 Å². The first-order chi connectivity index (χ1) is 13.1. The molecule has 1 aliphatic rings. The fraction of sp³-hybridized carbons (Fsp3) is 0.250. The SMILES string of the molecule is Cc1ccc(N2CCc3ncnc(NCc4cccc(Cl)c4F)c3C2)nc1. The topological polar surface area (TPSA) is 53.9 Å². The summed E-state index contributed by atoms with van der Waals surface area (Å²) in [6.45, 7) is 3.83. The molecule has 0 fully saturated rings. The second-order valence-electron chi connectivity index (χ2n) is 6.58. The van der Waals surface area contributed by atoms with E-state index in [0.717, 1.165) is 41.4 Å². The summed E-state index contributed by atoms with van der Waals surface area (Å²) >= 11 is 5.87. The number of nitrogens with one attached hydrogen (secondary N) is 1. The molecule has 4 rings (SSSR count). The molecule has 1 aromatic carbocycles. The Balaban J connectivity index is 1.56. The van der Waals surface area contributed by atoms with Crippen molar-refractivity contribution in [1.29, 1.82) is 0 Å². The molecule has 0 bridgehead atoms. The number of hydrogen-bond donors (Lipinski definition) is 1. The van der Waals surface area contributed by atoms with Gasteiger partial charge in [0.1, 0.15) is 23.8 Å². The average Bonchev–Trinajstić information content (AvgIpc) is 2.69. The molecule has 2 aromatic heterocycles. The van der Waals surface area contributed by atoms with E-state index >= 15 is 0 Å². The maximum absolute atomic E-state index is 14.1. The molecule has 3 aromatic rings. The predicted octanol–water partition coefficient (Wildman–Crippen LogP) is 4.15. The van der Waals surface area contributed by atoms with Gasteiger partial charge < -0.3 is 10.2 Å². The minimum atomic E-state index is -0.403. The fourth-order valence-electron chi connectivity index (χ4n) is 3.20. The molecule has 138 valence electrons. The maximum Gasteiger partial charge on any atom is 0.146 e. The van der Waals surface area contributed by atoms with Gasteiger partial charge in [-0.25, -0.2) is 19.3 Å². The molecule has 0 atom stereocenters. The second-order valence-corrected chi connectivity index (χ2v) is 6.99. The van der Waals surface area contributed by atoms with Crippen LogP contribution in [0.3, 0.4) is 0 Å². The van der Waals surface area contributed by atoms with Gasteiger partial charge in [0, 0.05) is 43.4 Å². The Bertz CT molecular complexity index is 961. The van der Waals surface area contributed by atoms with E-state index in [1.165, 1.54) is 0 Å². The zero-order valence-electron chi connectivity index (χ0n) is 14.9. The molecule has 0 unspecified atom stereocenters. The van der Waals surface area contributed by atoms with E-state index < -0.39 is 5.82 Å². The third kappa shape index (κ3) is 3.71. The maximum atomic E-state index is 14.1. The van der Waals surface area contributed by atoms with Gasteiger partial charge in [0.15, 0.2) is 0 Å². The van der Waals surface area contributed by atoms with Crippen LogP contribution in [0.5, 0.6) is 0 Å². The van der Waals surface area contributed by atoms with E-state index in [4.69, 9.17) is 11.6 Å². The minimum Gasteiger partial charge on any atom is -0.365 e. The Labute approximate surface area is 162 Å². The van der Waals surface area contributed by atoms with Crippen LogP contribution in [-0.2, 0) is 19.5 Å². The number of fused-ring (bicyclic) bond motifs is 1. The molecule has 3 heterocycles. The van der Waals surface area contributed by atoms with Gasteiger partial charge in [-0.3, -0.25) is 0 Å². The molecule has 27 heavy (non-hydrogen) atoms. The summed E-state index contributed by atoms with van der Waals surface area (Å²) < 4.78 is 14.1. The molecule has 7 heteroatoms. The standard InChI is InChI=1S/C20H19ClFN5/c1-13-5-6-18(23-9-13)27-8-7-17-15(11-27)20(26-12-25-17)24-10-14-3-2-4-16(21)19(14)22/h2-6,9,12H,7-8,10-11H2,1H3,(H,24,25,26). The Morgan fingerprint density at radius 2 is 2.07 bits per heavy atom. The van der Waals surface area contributed by atoms with E-state index in [1.54, 1.807) is 24.5 Å². The van der Waals surface area contributed by atoms with Gasteiger partial charge in [-0.15, -0.1) is 0 Å². The number of benzene rings is 1. The molecule has 0 spiro atoms. The van der Waals surface area contributed by atoms with Crippen molar-refractivity contribution in [2.45, 2.75) is 26.4 Å². The number of rotatable bonds is 4. The molecular weight excluding hydrogens is 365 g/mol. The average molecular weight is 384 g/mol. The lowest BCUT2D eigenvalue weighted by Crippen LogP contribution is -2.32. The summed E-state index contributed by atoms with van der Waals surface area (Å²) in [4.78, 5) is 15.5. The highest BCUT2D eigenvalue weighted by molar-refractivity contribution is 6.30. The van der Waals surface area contributed by atoms with Crippen LogP contribution in [0.15, 0.2) is 42.9 Å². The van der Waals surface area contributed by atoms with Crippen LogP contribution >= 0.6 is 11.6 Å². The van der Waals surface area contributed by atoms with Crippen molar-refractivity contribution in [3.8, 4) is 0 Å². The zero-order chi connectivity index (χ0) is 18.8. The van der Waals surface area contributed by atoms with Crippen molar-refractivity contribution in [2.75, 3.05) is 16.8 Å². The summed E-state index contributed by atoms with van der Waals surface area (Å²) in [6.07, 6.45) is 4.23. The molecule has 0 amide bonds. The van der Waals surface area contributed by atoms with E-state index in [1.807, 2.05) is 19.2 Å². The lowest BCUT2D eigenvalue weighted by Gasteiger charge is -2.30. The lowest BCUT2D eigenvalue weighted by atomic mass is 10.1. The van der Waals surface area contributed by atoms with Crippen LogP contribution in [0, 0.1) is 12.7 Å². The van der Waals surface area contributed by atoms with E-state index in [-0.39, 0.29) is 5.02 Å². The minimum absolute atomic E-state index is 0.121. The Kier molecular flexibility index (Phi) is 4.90. The van der Waals surface area contributed by atoms with Gasteiger partial charge in [-0.2, -0.15) is 0 Å². The summed E-state index contributed by atoms with van der Waals surface area (Å²) in [5.41, 5.74) is 3.67. The monoisotopic (exact) mass is 383 g/mol. The number of halogens is 2. The number of hydrogen-bond acceptors (Lipinski definition) is 5. The largest absolute Gasteiger partial charge is 0.365 e. The lowest BCUT2D eigenvalue weighted by molar-refractivity contribution is 0.613. The highest BCUT2D eigenvalue weighted by Gasteiger charge is 2.22. The molecule has 0 saturated heterocycles. The van der Waals surface area contributed by atoms with Crippen molar-refractivity contribution in [3.05, 3.63) is 76.1 Å². The molecule has 0 saturated carbocycles. The number of pyridine rings is 1. The normalized spacial score (nSPS) is 13.4. The van der Waals surface area contributed by atoms with Crippen LogP contribution in [0.25, 0.3) is 0 Å². The number of anilines is 2. The van der Waals surface area contributed by atoms with Gasteiger partial charge in [-0.1, -0.05) is 29.8 Å². The molecular formula is C20H19ClFN5. The van der Waals surface area contributed by atoms with Crippen LogP contribution in [0.1, 0.15) is 22.4 Å². The third-order valence-corrected chi connectivity index (χ3v) is 4.99. The molecule has 5 nitrogen and oxygen atoms in total. The van der Waals surface area contributed by atoms with E-state index in [0.29, 0.717) is 18.7 Å². The van der Waals surface area contributed by atoms with E-state index in [9.17, 15) is 4.39 Å². The summed E-state index contributed by atoms with van der Waals surface area (Å²) in [7, 11) is 0. The molecule has 0 radical (unpaired) electrons. The van der Waals surface area contributed by atoms with Crippen molar-refractivity contribution < 1.29 is 4.39 Å². The first kappa shape index (κ1) is 17.7. The van der Waals surface area contributed by atoms with Crippen LogP contribution in [0.2, 0.25) is 5.02 Å². The zero-order valence-corrected chi connectivity index (χ0v) is 15.7. The summed E-state index contributed by atoms with van der Waals surface area (Å²) in [5.74, 6) is 1.25. The third-order valence-electron chi connectivity index (χ3n) is 4.70.